The van der Waals surface area contributed by atoms with Crippen LogP contribution in [0.1, 0.15) is 26.7 Å². The second-order valence-electron chi connectivity index (χ2n) is 3.74. The highest BCUT2D eigenvalue weighted by Crippen LogP contribution is 2.14. The maximum atomic E-state index is 11.7. The predicted molar refractivity (Wildman–Crippen MR) is 57.9 cm³/mol. The van der Waals surface area contributed by atoms with Gasteiger partial charge in [-0.2, -0.15) is 13.2 Å². The third kappa shape index (κ3) is 9.73. The number of nitrogens with one attached hydrogen (secondary N) is 2. The Labute approximate surface area is 103 Å². The molecule has 0 fully saturated rings. The van der Waals surface area contributed by atoms with Crippen LogP contribution in [0.3, 0.4) is 0 Å². The molecule has 0 aromatic carbocycles. The van der Waals surface area contributed by atoms with Crippen LogP contribution in [-0.4, -0.2) is 37.4 Å². The topological polar surface area (TPSA) is 67.4 Å². The SMILES string of the molecule is CCC(C)NC(=O)CCNC(=O)OCC(F)(F)F. The molecule has 2 amide bonds. The average molecular weight is 270 g/mol. The molecule has 0 radical (unpaired) electrons. The Morgan fingerprint density at radius 3 is 2.44 bits per heavy atom. The first-order valence-electron chi connectivity index (χ1n) is 5.51. The second kappa shape index (κ2) is 7.78. The summed E-state index contributed by atoms with van der Waals surface area (Å²) in [6, 6.07) is 0.0229. The van der Waals surface area contributed by atoms with Gasteiger partial charge in [-0.25, -0.2) is 4.79 Å². The summed E-state index contributed by atoms with van der Waals surface area (Å²) >= 11 is 0. The van der Waals surface area contributed by atoms with Gasteiger partial charge in [0.1, 0.15) is 0 Å². The van der Waals surface area contributed by atoms with Gasteiger partial charge >= 0.3 is 12.3 Å². The Hall–Kier alpha value is -1.47. The molecule has 0 aromatic heterocycles. The normalized spacial score (nSPS) is 12.7. The predicted octanol–water partition coefficient (Wildman–Crippen LogP) is 1.58. The smallest absolute Gasteiger partial charge is 0.422 e. The number of rotatable bonds is 6. The summed E-state index contributed by atoms with van der Waals surface area (Å²) in [5.41, 5.74) is 0. The molecule has 0 rings (SSSR count). The van der Waals surface area contributed by atoms with Crippen LogP contribution in [0.25, 0.3) is 0 Å². The highest BCUT2D eigenvalue weighted by Gasteiger charge is 2.29. The first-order chi connectivity index (χ1) is 8.24. The van der Waals surface area contributed by atoms with Crippen molar-refractivity contribution in [2.45, 2.75) is 38.9 Å². The molecule has 0 heterocycles. The molecule has 0 bridgehead atoms. The lowest BCUT2D eigenvalue weighted by molar-refractivity contribution is -0.160. The largest absolute Gasteiger partial charge is 0.440 e. The van der Waals surface area contributed by atoms with Crippen LogP contribution in [0, 0.1) is 0 Å². The fourth-order valence-electron chi connectivity index (χ4n) is 0.926. The van der Waals surface area contributed by atoms with Gasteiger partial charge in [-0.3, -0.25) is 4.79 Å². The van der Waals surface area contributed by atoms with E-state index in [0.29, 0.717) is 0 Å². The number of halogens is 3. The minimum Gasteiger partial charge on any atom is -0.440 e. The van der Waals surface area contributed by atoms with Gasteiger partial charge in [0.2, 0.25) is 5.91 Å². The Bertz CT molecular complexity index is 282. The third-order valence-electron chi connectivity index (χ3n) is 2.01. The van der Waals surface area contributed by atoms with E-state index in [2.05, 4.69) is 15.4 Å². The van der Waals surface area contributed by atoms with Gasteiger partial charge in [-0.15, -0.1) is 0 Å². The van der Waals surface area contributed by atoms with Crippen molar-refractivity contribution in [3.05, 3.63) is 0 Å². The molecule has 5 nitrogen and oxygen atoms in total. The van der Waals surface area contributed by atoms with E-state index >= 15 is 0 Å². The number of ether oxygens (including phenoxy) is 1. The highest BCUT2D eigenvalue weighted by molar-refractivity contribution is 5.77. The van der Waals surface area contributed by atoms with Crippen molar-refractivity contribution in [1.82, 2.24) is 10.6 Å². The van der Waals surface area contributed by atoms with Crippen molar-refractivity contribution >= 4 is 12.0 Å². The molecule has 0 spiro atoms. The molecule has 0 aliphatic rings. The fraction of sp³-hybridized carbons (Fsp3) is 0.800. The second-order valence-corrected chi connectivity index (χ2v) is 3.74. The molecule has 0 aromatic rings. The molecule has 18 heavy (non-hydrogen) atoms. The third-order valence-corrected chi connectivity index (χ3v) is 2.01. The molecule has 0 aliphatic carbocycles. The molecular formula is C10H17F3N2O3. The van der Waals surface area contributed by atoms with E-state index in [1.807, 2.05) is 13.8 Å². The summed E-state index contributed by atoms with van der Waals surface area (Å²) in [5.74, 6) is -0.277. The Morgan fingerprint density at radius 1 is 1.33 bits per heavy atom. The maximum absolute atomic E-state index is 11.7. The summed E-state index contributed by atoms with van der Waals surface area (Å²) < 4.78 is 38.9. The van der Waals surface area contributed by atoms with Crippen LogP contribution >= 0.6 is 0 Å². The van der Waals surface area contributed by atoms with Crippen LogP contribution in [0.15, 0.2) is 0 Å². The molecule has 0 saturated heterocycles. The van der Waals surface area contributed by atoms with Crippen LogP contribution < -0.4 is 10.6 Å². The number of alkyl carbamates (subject to hydrolysis) is 1. The van der Waals surface area contributed by atoms with Gasteiger partial charge < -0.3 is 15.4 Å². The molecule has 0 aliphatic heterocycles. The van der Waals surface area contributed by atoms with Crippen molar-refractivity contribution in [1.29, 1.82) is 0 Å². The lowest BCUT2D eigenvalue weighted by Crippen LogP contribution is -2.36. The minimum absolute atomic E-state index is 0.00847. The summed E-state index contributed by atoms with van der Waals surface area (Å²) in [6.45, 7) is 2.01. The summed E-state index contributed by atoms with van der Waals surface area (Å²) in [5, 5.41) is 4.70. The van der Waals surface area contributed by atoms with Gasteiger partial charge in [0.15, 0.2) is 6.61 Å². The lowest BCUT2D eigenvalue weighted by Gasteiger charge is -2.12. The summed E-state index contributed by atoms with van der Waals surface area (Å²) in [7, 11) is 0. The van der Waals surface area contributed by atoms with E-state index < -0.39 is 18.9 Å². The summed E-state index contributed by atoms with van der Waals surface area (Å²) in [4.78, 5) is 22.0. The fourth-order valence-corrected chi connectivity index (χ4v) is 0.926. The number of carbonyl (C=O) groups excluding carboxylic acids is 2. The van der Waals surface area contributed by atoms with E-state index in [1.54, 1.807) is 0 Å². The van der Waals surface area contributed by atoms with Crippen LogP contribution in [-0.2, 0) is 9.53 Å². The number of amides is 2. The van der Waals surface area contributed by atoms with Crippen molar-refractivity contribution < 1.29 is 27.5 Å². The van der Waals surface area contributed by atoms with Crippen LogP contribution in [0.2, 0.25) is 0 Å². The van der Waals surface area contributed by atoms with Gasteiger partial charge in [0.05, 0.1) is 0 Å². The molecule has 0 saturated carbocycles. The number of hydrogen-bond acceptors (Lipinski definition) is 3. The average Bonchev–Trinajstić information content (AvgIpc) is 2.25. The lowest BCUT2D eigenvalue weighted by atomic mass is 10.2. The van der Waals surface area contributed by atoms with Crippen molar-refractivity contribution in [3.63, 3.8) is 0 Å². The van der Waals surface area contributed by atoms with E-state index in [4.69, 9.17) is 0 Å². The zero-order valence-corrected chi connectivity index (χ0v) is 10.3. The number of carbonyl (C=O) groups is 2. The maximum Gasteiger partial charge on any atom is 0.422 e. The van der Waals surface area contributed by atoms with Crippen LogP contribution in [0.4, 0.5) is 18.0 Å². The molecule has 2 N–H and O–H groups in total. The zero-order valence-electron chi connectivity index (χ0n) is 10.3. The number of hydrogen-bond donors (Lipinski definition) is 2. The van der Waals surface area contributed by atoms with Gasteiger partial charge in [0.25, 0.3) is 0 Å². The first kappa shape index (κ1) is 16.5. The zero-order chi connectivity index (χ0) is 14.2. The van der Waals surface area contributed by atoms with Gasteiger partial charge in [-0.1, -0.05) is 6.92 Å². The number of alkyl halides is 3. The Morgan fingerprint density at radius 2 is 1.94 bits per heavy atom. The molecule has 1 unspecified atom stereocenters. The van der Waals surface area contributed by atoms with E-state index in [-0.39, 0.29) is 24.9 Å². The molecule has 106 valence electrons. The van der Waals surface area contributed by atoms with Crippen molar-refractivity contribution in [2.24, 2.45) is 0 Å². The Kier molecular flexibility index (Phi) is 7.14. The van der Waals surface area contributed by atoms with Gasteiger partial charge in [-0.05, 0) is 13.3 Å². The molecular weight excluding hydrogens is 253 g/mol. The van der Waals surface area contributed by atoms with E-state index in [1.165, 1.54) is 0 Å². The minimum atomic E-state index is -4.55. The van der Waals surface area contributed by atoms with E-state index in [9.17, 15) is 22.8 Å². The highest BCUT2D eigenvalue weighted by atomic mass is 19.4. The van der Waals surface area contributed by atoms with Crippen LogP contribution in [0.5, 0.6) is 0 Å². The van der Waals surface area contributed by atoms with Crippen molar-refractivity contribution in [2.75, 3.05) is 13.2 Å². The quantitative estimate of drug-likeness (QED) is 0.770. The van der Waals surface area contributed by atoms with Crippen molar-refractivity contribution in [3.8, 4) is 0 Å². The standard InChI is InChI=1S/C10H17F3N2O3/c1-3-7(2)15-8(16)4-5-14-9(17)18-6-10(11,12)13/h7H,3-6H2,1-2H3,(H,14,17)(H,15,16). The first-order valence-corrected chi connectivity index (χ1v) is 5.51. The molecule has 1 atom stereocenters. The van der Waals surface area contributed by atoms with E-state index in [0.717, 1.165) is 6.42 Å². The van der Waals surface area contributed by atoms with Gasteiger partial charge in [0, 0.05) is 19.0 Å². The molecule has 8 heteroatoms. The monoisotopic (exact) mass is 270 g/mol. The summed E-state index contributed by atoms with van der Waals surface area (Å²) in [6.07, 6.45) is -4.98. The Balaban J connectivity index is 3.65.